The van der Waals surface area contributed by atoms with Crippen molar-refractivity contribution in [2.45, 2.75) is 19.4 Å². The molecule has 0 spiro atoms. The van der Waals surface area contributed by atoms with E-state index < -0.39 is 0 Å². The lowest BCUT2D eigenvalue weighted by Crippen LogP contribution is -2.51. The molecular formula is C19H22N8. The second-order valence-corrected chi connectivity index (χ2v) is 7.23. The number of likely N-dealkylation sites (N-methyl/N-ethyl adjacent to an activating group) is 1. The van der Waals surface area contributed by atoms with Crippen LogP contribution in [-0.4, -0.2) is 55.4 Å². The molecule has 8 nitrogen and oxygen atoms in total. The Kier molecular flexibility index (Phi) is 3.70. The molecule has 5 heterocycles. The molecule has 0 saturated carbocycles. The number of fused-ring (bicyclic) bond motifs is 2. The molecule has 1 fully saturated rings. The third-order valence-electron chi connectivity index (χ3n) is 5.68. The predicted octanol–water partition coefficient (Wildman–Crippen LogP) is 2.12. The lowest BCUT2D eigenvalue weighted by atomic mass is 9.92. The fourth-order valence-corrected chi connectivity index (χ4v) is 4.12. The third kappa shape index (κ3) is 2.59. The van der Waals surface area contributed by atoms with Crippen molar-refractivity contribution in [3.63, 3.8) is 0 Å². The van der Waals surface area contributed by atoms with Gasteiger partial charge in [-0.3, -0.25) is 0 Å². The minimum absolute atomic E-state index is 0.331. The van der Waals surface area contributed by atoms with E-state index in [1.165, 1.54) is 0 Å². The zero-order chi connectivity index (χ0) is 18.4. The summed E-state index contributed by atoms with van der Waals surface area (Å²) in [7, 11) is 2.13. The van der Waals surface area contributed by atoms with Gasteiger partial charge in [0.15, 0.2) is 11.6 Å². The summed E-state index contributed by atoms with van der Waals surface area (Å²) in [5, 5.41) is 8.58. The van der Waals surface area contributed by atoms with Gasteiger partial charge in [0.1, 0.15) is 23.7 Å². The van der Waals surface area contributed by atoms with Gasteiger partial charge in [-0.15, -0.1) is 0 Å². The Hall–Kier alpha value is -3.16. The van der Waals surface area contributed by atoms with Crippen LogP contribution in [0.2, 0.25) is 0 Å². The first-order valence-electron chi connectivity index (χ1n) is 9.27. The largest absolute Gasteiger partial charge is 0.353 e. The zero-order valence-corrected chi connectivity index (χ0v) is 15.5. The summed E-state index contributed by atoms with van der Waals surface area (Å²) in [6.45, 7) is 4.21. The van der Waals surface area contributed by atoms with Gasteiger partial charge < -0.3 is 9.80 Å². The van der Waals surface area contributed by atoms with Crippen LogP contribution in [0.5, 0.6) is 0 Å². The number of rotatable bonds is 3. The molecule has 0 aromatic carbocycles. The molecule has 0 N–H and O–H groups in total. The highest BCUT2D eigenvalue weighted by Crippen LogP contribution is 2.30. The Morgan fingerprint density at radius 2 is 1.70 bits per heavy atom. The van der Waals surface area contributed by atoms with Gasteiger partial charge in [-0.1, -0.05) is 6.92 Å². The zero-order valence-electron chi connectivity index (χ0n) is 15.5. The maximum atomic E-state index is 4.58. The molecule has 8 heteroatoms. The number of aromatic nitrogens is 6. The van der Waals surface area contributed by atoms with E-state index in [0.717, 1.165) is 42.2 Å². The lowest BCUT2D eigenvalue weighted by molar-refractivity contribution is 0.365. The number of piperidine rings is 1. The first-order valence-corrected chi connectivity index (χ1v) is 9.27. The van der Waals surface area contributed by atoms with Crippen molar-refractivity contribution in [1.29, 1.82) is 0 Å². The summed E-state index contributed by atoms with van der Waals surface area (Å²) in [5.41, 5.74) is 2.07. The van der Waals surface area contributed by atoms with Crippen molar-refractivity contribution in [3.05, 3.63) is 49.3 Å². The van der Waals surface area contributed by atoms with Crippen LogP contribution in [0.25, 0.3) is 11.0 Å². The molecule has 1 aliphatic rings. The Morgan fingerprint density at radius 1 is 1.00 bits per heavy atom. The standard InChI is InChI=1S/C19H22N8/c1-14-7-10-25(19-16-6-4-9-27(16)23-13-21-19)11-17(14)24(2)18-15-5-3-8-26(15)22-12-20-18/h3-6,8-9,12-14,17H,7,10-11H2,1-2H3/t14-,17+/m1/s1. The molecule has 0 amide bonds. The van der Waals surface area contributed by atoms with Crippen LogP contribution < -0.4 is 9.80 Å². The van der Waals surface area contributed by atoms with Crippen molar-refractivity contribution in [2.75, 3.05) is 29.9 Å². The van der Waals surface area contributed by atoms with Gasteiger partial charge in [-0.25, -0.2) is 19.0 Å². The van der Waals surface area contributed by atoms with Gasteiger partial charge in [0.05, 0.1) is 6.04 Å². The van der Waals surface area contributed by atoms with Crippen LogP contribution in [0.3, 0.4) is 0 Å². The quantitative estimate of drug-likeness (QED) is 0.556. The van der Waals surface area contributed by atoms with Crippen molar-refractivity contribution in [1.82, 2.24) is 29.2 Å². The Balaban J connectivity index is 1.49. The van der Waals surface area contributed by atoms with Crippen LogP contribution in [0.4, 0.5) is 11.6 Å². The van der Waals surface area contributed by atoms with E-state index in [-0.39, 0.29) is 0 Å². The first-order chi connectivity index (χ1) is 13.2. The van der Waals surface area contributed by atoms with Crippen LogP contribution in [0, 0.1) is 5.92 Å². The Morgan fingerprint density at radius 3 is 2.52 bits per heavy atom. The summed E-state index contributed by atoms with van der Waals surface area (Å²) in [6, 6.07) is 8.47. The molecule has 1 saturated heterocycles. The second kappa shape index (κ2) is 6.22. The number of anilines is 2. The molecular weight excluding hydrogens is 340 g/mol. The molecule has 5 rings (SSSR count). The van der Waals surface area contributed by atoms with E-state index in [0.29, 0.717) is 12.0 Å². The van der Waals surface area contributed by atoms with Crippen molar-refractivity contribution in [2.24, 2.45) is 5.92 Å². The van der Waals surface area contributed by atoms with E-state index in [1.54, 1.807) is 12.7 Å². The minimum atomic E-state index is 0.331. The Bertz CT molecular complexity index is 1080. The SMILES string of the molecule is C[C@@H]1CCN(c2ncnn3cccc23)C[C@@H]1N(C)c1ncnn2cccc12. The van der Waals surface area contributed by atoms with E-state index in [2.05, 4.69) is 56.1 Å². The van der Waals surface area contributed by atoms with Crippen LogP contribution >= 0.6 is 0 Å². The second-order valence-electron chi connectivity index (χ2n) is 7.23. The van der Waals surface area contributed by atoms with Crippen LogP contribution in [0.15, 0.2) is 49.3 Å². The van der Waals surface area contributed by atoms with E-state index in [1.807, 2.05) is 33.6 Å². The fraction of sp³-hybridized carbons (Fsp3) is 0.368. The highest BCUT2D eigenvalue weighted by Gasteiger charge is 2.32. The highest BCUT2D eigenvalue weighted by atomic mass is 15.3. The maximum absolute atomic E-state index is 4.58. The third-order valence-corrected chi connectivity index (χ3v) is 5.68. The molecule has 0 unspecified atom stereocenters. The summed E-state index contributed by atoms with van der Waals surface area (Å²) >= 11 is 0. The van der Waals surface area contributed by atoms with Crippen molar-refractivity contribution >= 4 is 22.7 Å². The molecule has 138 valence electrons. The normalized spacial score (nSPS) is 20.4. The predicted molar refractivity (Wildman–Crippen MR) is 104 cm³/mol. The lowest BCUT2D eigenvalue weighted by Gasteiger charge is -2.42. The van der Waals surface area contributed by atoms with Gasteiger partial charge in [0.25, 0.3) is 0 Å². The summed E-state index contributed by atoms with van der Waals surface area (Å²) in [4.78, 5) is 13.8. The molecule has 1 aliphatic heterocycles. The summed E-state index contributed by atoms with van der Waals surface area (Å²) in [6.07, 6.45) is 8.27. The van der Waals surface area contributed by atoms with E-state index in [4.69, 9.17) is 0 Å². The fourth-order valence-electron chi connectivity index (χ4n) is 4.12. The smallest absolute Gasteiger partial charge is 0.156 e. The molecule has 0 bridgehead atoms. The molecule has 0 radical (unpaired) electrons. The van der Waals surface area contributed by atoms with Gasteiger partial charge in [-0.05, 0) is 36.6 Å². The van der Waals surface area contributed by atoms with Gasteiger partial charge in [0.2, 0.25) is 0 Å². The van der Waals surface area contributed by atoms with Crippen molar-refractivity contribution in [3.8, 4) is 0 Å². The molecule has 4 aromatic rings. The molecule has 0 aliphatic carbocycles. The van der Waals surface area contributed by atoms with E-state index in [9.17, 15) is 0 Å². The van der Waals surface area contributed by atoms with Gasteiger partial charge >= 0.3 is 0 Å². The molecule has 27 heavy (non-hydrogen) atoms. The monoisotopic (exact) mass is 362 g/mol. The average molecular weight is 362 g/mol. The van der Waals surface area contributed by atoms with Gasteiger partial charge in [-0.2, -0.15) is 10.2 Å². The minimum Gasteiger partial charge on any atom is -0.353 e. The van der Waals surface area contributed by atoms with Crippen LogP contribution in [0.1, 0.15) is 13.3 Å². The van der Waals surface area contributed by atoms with Crippen LogP contribution in [-0.2, 0) is 0 Å². The Labute approximate surface area is 157 Å². The maximum Gasteiger partial charge on any atom is 0.156 e. The van der Waals surface area contributed by atoms with E-state index >= 15 is 0 Å². The van der Waals surface area contributed by atoms with Gasteiger partial charge in [0, 0.05) is 32.5 Å². The summed E-state index contributed by atoms with van der Waals surface area (Å²) in [5.74, 6) is 2.51. The molecule has 4 aromatic heterocycles. The topological polar surface area (TPSA) is 66.9 Å². The number of hydrogen-bond donors (Lipinski definition) is 0. The van der Waals surface area contributed by atoms with Crippen molar-refractivity contribution < 1.29 is 0 Å². The average Bonchev–Trinajstić information content (AvgIpc) is 3.36. The highest BCUT2D eigenvalue weighted by molar-refractivity contribution is 5.70. The number of hydrogen-bond acceptors (Lipinski definition) is 6. The molecule has 2 atom stereocenters. The first kappa shape index (κ1) is 16.0. The summed E-state index contributed by atoms with van der Waals surface area (Å²) < 4.78 is 3.76. The number of nitrogens with zero attached hydrogens (tertiary/aromatic N) is 8.